The SMILES string of the molecule is O=C1CCc2c(OCC3CN(C(=O)C4CCCCC4C(=O)c4ccc(F)cc4)CCO3)cccc21. The summed E-state index contributed by atoms with van der Waals surface area (Å²) in [5, 5.41) is 0. The standard InChI is InChI=1S/C28H30FNO5/c29-19-10-8-18(9-11-19)27(32)23-4-1-2-5-24(23)28(33)30-14-15-34-20(16-30)17-35-26-7-3-6-21-22(26)12-13-25(21)31/h3,6-11,20,23-24H,1-2,4-5,12-17H2. The number of ether oxygens (including phenoxy) is 2. The van der Waals surface area contributed by atoms with Gasteiger partial charge in [-0.1, -0.05) is 25.0 Å². The number of halogens is 1. The van der Waals surface area contributed by atoms with Gasteiger partial charge in [-0.15, -0.1) is 0 Å². The number of Topliss-reactive ketones (excluding diaryl/α,β-unsaturated/α-hetero) is 2. The van der Waals surface area contributed by atoms with E-state index in [1.165, 1.54) is 24.3 Å². The molecular weight excluding hydrogens is 449 g/mol. The Hall–Kier alpha value is -3.06. The number of rotatable bonds is 6. The first-order valence-electron chi connectivity index (χ1n) is 12.5. The monoisotopic (exact) mass is 479 g/mol. The molecule has 2 aromatic rings. The van der Waals surface area contributed by atoms with Gasteiger partial charge in [0.25, 0.3) is 0 Å². The summed E-state index contributed by atoms with van der Waals surface area (Å²) >= 11 is 0. The topological polar surface area (TPSA) is 72.9 Å². The molecule has 1 saturated carbocycles. The lowest BCUT2D eigenvalue weighted by molar-refractivity contribution is -0.146. The highest BCUT2D eigenvalue weighted by Gasteiger charge is 2.39. The van der Waals surface area contributed by atoms with Gasteiger partial charge in [0.1, 0.15) is 24.3 Å². The average molecular weight is 480 g/mol. The zero-order chi connectivity index (χ0) is 24.4. The highest BCUT2D eigenvalue weighted by atomic mass is 19.1. The van der Waals surface area contributed by atoms with Crippen LogP contribution in [0.1, 0.15) is 58.4 Å². The van der Waals surface area contributed by atoms with E-state index in [1.54, 1.807) is 4.90 Å². The number of carbonyl (C=O) groups excluding carboxylic acids is 3. The number of ketones is 2. The second kappa shape index (κ2) is 10.3. The maximum Gasteiger partial charge on any atom is 0.226 e. The van der Waals surface area contributed by atoms with E-state index >= 15 is 0 Å². The molecule has 0 spiro atoms. The van der Waals surface area contributed by atoms with E-state index in [4.69, 9.17) is 9.47 Å². The van der Waals surface area contributed by atoms with Gasteiger partial charge in [0.2, 0.25) is 5.91 Å². The van der Waals surface area contributed by atoms with Crippen LogP contribution in [0.5, 0.6) is 5.75 Å². The summed E-state index contributed by atoms with van der Waals surface area (Å²) in [5.41, 5.74) is 2.14. The molecule has 0 aromatic heterocycles. The van der Waals surface area contributed by atoms with E-state index < -0.39 is 0 Å². The van der Waals surface area contributed by atoms with Crippen LogP contribution in [0, 0.1) is 17.7 Å². The van der Waals surface area contributed by atoms with Crippen LogP contribution in [-0.2, 0) is 16.0 Å². The van der Waals surface area contributed by atoms with Crippen molar-refractivity contribution in [1.82, 2.24) is 4.90 Å². The van der Waals surface area contributed by atoms with Crippen molar-refractivity contribution >= 4 is 17.5 Å². The Kier molecular flexibility index (Phi) is 6.95. The molecule has 0 bridgehead atoms. The molecule has 1 aliphatic heterocycles. The molecule has 3 aliphatic rings. The van der Waals surface area contributed by atoms with Crippen molar-refractivity contribution in [1.29, 1.82) is 0 Å². The fourth-order valence-electron chi connectivity index (χ4n) is 5.60. The second-order valence-electron chi connectivity index (χ2n) is 9.66. The van der Waals surface area contributed by atoms with Crippen LogP contribution in [0.3, 0.4) is 0 Å². The lowest BCUT2D eigenvalue weighted by Gasteiger charge is -2.38. The van der Waals surface area contributed by atoms with Gasteiger partial charge in [0, 0.05) is 41.5 Å². The van der Waals surface area contributed by atoms with E-state index in [-0.39, 0.29) is 47.8 Å². The van der Waals surface area contributed by atoms with Crippen molar-refractivity contribution in [3.05, 3.63) is 65.0 Å². The molecule has 5 rings (SSSR count). The van der Waals surface area contributed by atoms with E-state index in [0.29, 0.717) is 56.7 Å². The fraction of sp³-hybridized carbons (Fsp3) is 0.464. The van der Waals surface area contributed by atoms with Gasteiger partial charge < -0.3 is 14.4 Å². The minimum absolute atomic E-state index is 0.00957. The molecule has 2 aromatic carbocycles. The van der Waals surface area contributed by atoms with Crippen LogP contribution >= 0.6 is 0 Å². The van der Waals surface area contributed by atoms with Gasteiger partial charge in [-0.25, -0.2) is 4.39 Å². The van der Waals surface area contributed by atoms with Crippen molar-refractivity contribution in [2.75, 3.05) is 26.3 Å². The molecule has 184 valence electrons. The first kappa shape index (κ1) is 23.7. The predicted molar refractivity (Wildman–Crippen MR) is 127 cm³/mol. The summed E-state index contributed by atoms with van der Waals surface area (Å²) in [6.07, 6.45) is 4.09. The van der Waals surface area contributed by atoms with Crippen LogP contribution in [0.4, 0.5) is 4.39 Å². The molecule has 0 radical (unpaired) electrons. The molecule has 35 heavy (non-hydrogen) atoms. The first-order chi connectivity index (χ1) is 17.0. The minimum atomic E-state index is -0.385. The normalized spacial score (nSPS) is 24.2. The summed E-state index contributed by atoms with van der Waals surface area (Å²) in [6.45, 7) is 1.59. The quantitative estimate of drug-likeness (QED) is 0.580. The molecule has 6 nitrogen and oxygen atoms in total. The Balaban J connectivity index is 1.23. The number of fused-ring (bicyclic) bond motifs is 1. The van der Waals surface area contributed by atoms with Crippen molar-refractivity contribution < 1.29 is 28.2 Å². The Bertz CT molecular complexity index is 1110. The molecule has 2 fully saturated rings. The Morgan fingerprint density at radius 1 is 1.03 bits per heavy atom. The average Bonchev–Trinajstić information content (AvgIpc) is 3.28. The molecule has 2 aliphatic carbocycles. The number of amides is 1. The molecule has 3 atom stereocenters. The van der Waals surface area contributed by atoms with Crippen LogP contribution in [0.25, 0.3) is 0 Å². The fourth-order valence-corrected chi connectivity index (χ4v) is 5.60. The molecule has 3 unspecified atom stereocenters. The number of hydrogen-bond acceptors (Lipinski definition) is 5. The summed E-state index contributed by atoms with van der Waals surface area (Å²) < 4.78 is 25.2. The Morgan fingerprint density at radius 2 is 1.80 bits per heavy atom. The molecule has 7 heteroatoms. The predicted octanol–water partition coefficient (Wildman–Crippen LogP) is 4.25. The molecule has 1 heterocycles. The van der Waals surface area contributed by atoms with Gasteiger partial charge in [-0.2, -0.15) is 0 Å². The van der Waals surface area contributed by atoms with Gasteiger partial charge in [0.05, 0.1) is 13.2 Å². The van der Waals surface area contributed by atoms with Crippen molar-refractivity contribution in [2.45, 2.75) is 44.6 Å². The van der Waals surface area contributed by atoms with Crippen molar-refractivity contribution in [3.8, 4) is 5.75 Å². The number of benzene rings is 2. The number of carbonyl (C=O) groups is 3. The summed E-state index contributed by atoms with van der Waals surface area (Å²) in [7, 11) is 0. The van der Waals surface area contributed by atoms with Crippen LogP contribution in [0.2, 0.25) is 0 Å². The Labute approximate surface area is 204 Å². The van der Waals surface area contributed by atoms with E-state index in [2.05, 4.69) is 0 Å². The maximum absolute atomic E-state index is 13.5. The summed E-state index contributed by atoms with van der Waals surface area (Å²) in [5.74, 6) is -0.376. The zero-order valence-electron chi connectivity index (χ0n) is 19.7. The third kappa shape index (κ3) is 5.01. The highest BCUT2D eigenvalue weighted by Crippen LogP contribution is 2.35. The molecule has 1 amide bonds. The lowest BCUT2D eigenvalue weighted by Crippen LogP contribution is -2.51. The van der Waals surface area contributed by atoms with Crippen molar-refractivity contribution in [2.24, 2.45) is 11.8 Å². The van der Waals surface area contributed by atoms with E-state index in [0.717, 1.165) is 24.0 Å². The number of morpholine rings is 1. The van der Waals surface area contributed by atoms with Gasteiger partial charge >= 0.3 is 0 Å². The van der Waals surface area contributed by atoms with E-state index in [9.17, 15) is 18.8 Å². The number of hydrogen-bond donors (Lipinski definition) is 0. The summed E-state index contributed by atoms with van der Waals surface area (Å²) in [6, 6.07) is 11.1. The first-order valence-corrected chi connectivity index (χ1v) is 12.5. The molecular formula is C28H30FNO5. The van der Waals surface area contributed by atoms with Crippen LogP contribution in [-0.4, -0.2) is 54.8 Å². The second-order valence-corrected chi connectivity index (χ2v) is 9.66. The number of nitrogens with zero attached hydrogens (tertiary/aromatic N) is 1. The molecule has 1 saturated heterocycles. The smallest absolute Gasteiger partial charge is 0.226 e. The maximum atomic E-state index is 13.5. The van der Waals surface area contributed by atoms with Gasteiger partial charge in [-0.05, 0) is 49.6 Å². The van der Waals surface area contributed by atoms with Gasteiger partial charge in [-0.3, -0.25) is 14.4 Å². The van der Waals surface area contributed by atoms with Crippen LogP contribution < -0.4 is 4.74 Å². The highest BCUT2D eigenvalue weighted by molar-refractivity contribution is 6.01. The third-order valence-electron chi connectivity index (χ3n) is 7.46. The largest absolute Gasteiger partial charge is 0.491 e. The van der Waals surface area contributed by atoms with Crippen molar-refractivity contribution in [3.63, 3.8) is 0 Å². The molecule has 0 N–H and O–H groups in total. The lowest BCUT2D eigenvalue weighted by atomic mass is 9.74. The van der Waals surface area contributed by atoms with E-state index in [1.807, 2.05) is 18.2 Å². The summed E-state index contributed by atoms with van der Waals surface area (Å²) in [4.78, 5) is 40.5. The zero-order valence-corrected chi connectivity index (χ0v) is 19.7. The Morgan fingerprint density at radius 3 is 2.60 bits per heavy atom. The third-order valence-corrected chi connectivity index (χ3v) is 7.46. The minimum Gasteiger partial charge on any atom is -0.491 e. The van der Waals surface area contributed by atoms with Gasteiger partial charge in [0.15, 0.2) is 11.6 Å². The van der Waals surface area contributed by atoms with Crippen LogP contribution in [0.15, 0.2) is 42.5 Å².